The maximum atomic E-state index is 8.69. The fraction of sp³-hybridized carbons (Fsp3) is 0.500. The van der Waals surface area contributed by atoms with Crippen molar-refractivity contribution in [3.8, 4) is 0 Å². The predicted molar refractivity (Wildman–Crippen MR) is 76.3 cm³/mol. The van der Waals surface area contributed by atoms with Gasteiger partial charge in [0.2, 0.25) is 0 Å². The van der Waals surface area contributed by atoms with Gasteiger partial charge < -0.3 is 15.8 Å². The maximum Gasteiger partial charge on any atom is 0.141 e. The summed E-state index contributed by atoms with van der Waals surface area (Å²) < 4.78 is 0. The molecule has 1 rings (SSSR count). The smallest absolute Gasteiger partial charge is 0.141 e. The number of oxime groups is 1. The highest BCUT2D eigenvalue weighted by Gasteiger charge is 2.17. The average Bonchev–Trinajstić information content (AvgIpc) is 2.38. The Morgan fingerprint density at radius 2 is 2.17 bits per heavy atom. The number of anilines is 1. The van der Waals surface area contributed by atoms with E-state index in [0.717, 1.165) is 13.0 Å². The zero-order valence-corrected chi connectivity index (χ0v) is 11.4. The number of amidine groups is 1. The molecule has 0 aliphatic rings. The molecule has 0 saturated carbocycles. The van der Waals surface area contributed by atoms with E-state index in [-0.39, 0.29) is 11.9 Å². The van der Waals surface area contributed by atoms with Gasteiger partial charge in [0.05, 0.1) is 0 Å². The van der Waals surface area contributed by atoms with Crippen molar-refractivity contribution in [3.05, 3.63) is 29.8 Å². The van der Waals surface area contributed by atoms with E-state index >= 15 is 0 Å². The van der Waals surface area contributed by atoms with Crippen LogP contribution in [0.2, 0.25) is 0 Å². The lowest BCUT2D eigenvalue weighted by Gasteiger charge is -2.32. The van der Waals surface area contributed by atoms with E-state index in [9.17, 15) is 0 Å². The number of nitrogens with zero attached hydrogens (tertiary/aromatic N) is 2. The van der Waals surface area contributed by atoms with Crippen molar-refractivity contribution in [1.29, 1.82) is 0 Å². The first-order chi connectivity index (χ1) is 8.62. The molecule has 0 bridgehead atoms. The van der Waals surface area contributed by atoms with E-state index in [0.29, 0.717) is 6.42 Å². The highest BCUT2D eigenvalue weighted by molar-refractivity contribution is 5.80. The molecule has 0 aliphatic carbocycles. The molecule has 100 valence electrons. The van der Waals surface area contributed by atoms with E-state index in [1.165, 1.54) is 11.3 Å². The topological polar surface area (TPSA) is 61.9 Å². The molecule has 1 aromatic rings. The van der Waals surface area contributed by atoms with Crippen molar-refractivity contribution < 1.29 is 5.21 Å². The van der Waals surface area contributed by atoms with Crippen molar-refractivity contribution in [2.75, 3.05) is 11.4 Å². The SMILES string of the molecule is CCC(C/C(N)=N/O)N(CC)c1cccc(C)c1. The fourth-order valence-corrected chi connectivity index (χ4v) is 2.22. The molecule has 1 atom stereocenters. The van der Waals surface area contributed by atoms with Crippen LogP contribution in [0.25, 0.3) is 0 Å². The van der Waals surface area contributed by atoms with Crippen LogP contribution >= 0.6 is 0 Å². The normalized spacial score (nSPS) is 13.4. The van der Waals surface area contributed by atoms with Crippen molar-refractivity contribution in [3.63, 3.8) is 0 Å². The minimum Gasteiger partial charge on any atom is -0.409 e. The standard InChI is InChI=1S/C14H23N3O/c1-4-12(10-14(15)16-18)17(5-2)13-8-6-7-11(3)9-13/h6-9,12,18H,4-5,10H2,1-3H3,(H2,15,16). The molecule has 0 amide bonds. The summed E-state index contributed by atoms with van der Waals surface area (Å²) in [7, 11) is 0. The maximum absolute atomic E-state index is 8.69. The second-order valence-electron chi connectivity index (χ2n) is 4.48. The molecule has 0 aliphatic heterocycles. The Kier molecular flexibility index (Phi) is 5.49. The summed E-state index contributed by atoms with van der Waals surface area (Å²) in [5.74, 6) is 0.285. The molecule has 4 heteroatoms. The van der Waals surface area contributed by atoms with E-state index < -0.39 is 0 Å². The second-order valence-corrected chi connectivity index (χ2v) is 4.48. The summed E-state index contributed by atoms with van der Waals surface area (Å²) >= 11 is 0. The molecule has 0 radical (unpaired) electrons. The molecule has 0 aromatic heterocycles. The van der Waals surface area contributed by atoms with E-state index in [1.807, 2.05) is 0 Å². The molecule has 1 aromatic carbocycles. The van der Waals surface area contributed by atoms with Crippen LogP contribution in [0.5, 0.6) is 0 Å². The van der Waals surface area contributed by atoms with Crippen molar-refractivity contribution in [2.24, 2.45) is 10.9 Å². The third-order valence-electron chi connectivity index (χ3n) is 3.16. The molecule has 3 N–H and O–H groups in total. The molecule has 4 nitrogen and oxygen atoms in total. The van der Waals surface area contributed by atoms with Crippen LogP contribution in [0.3, 0.4) is 0 Å². The monoisotopic (exact) mass is 249 g/mol. The van der Waals surface area contributed by atoms with Gasteiger partial charge in [-0.05, 0) is 38.0 Å². The van der Waals surface area contributed by atoms with Crippen molar-refractivity contribution >= 4 is 11.5 Å². The number of rotatable bonds is 6. The molecule has 18 heavy (non-hydrogen) atoms. The second kappa shape index (κ2) is 6.89. The van der Waals surface area contributed by atoms with Gasteiger partial charge >= 0.3 is 0 Å². The molecule has 0 fully saturated rings. The Morgan fingerprint density at radius 3 is 2.67 bits per heavy atom. The minimum atomic E-state index is 0.257. The third-order valence-corrected chi connectivity index (χ3v) is 3.16. The zero-order chi connectivity index (χ0) is 13.5. The van der Waals surface area contributed by atoms with Crippen molar-refractivity contribution in [1.82, 2.24) is 0 Å². The zero-order valence-electron chi connectivity index (χ0n) is 11.4. The molecule has 0 heterocycles. The lowest BCUT2D eigenvalue weighted by atomic mass is 10.1. The van der Waals surface area contributed by atoms with E-state index in [2.05, 4.69) is 55.1 Å². The van der Waals surface area contributed by atoms with Crippen LogP contribution in [0.1, 0.15) is 32.3 Å². The van der Waals surface area contributed by atoms with Gasteiger partial charge in [0.15, 0.2) is 0 Å². The summed E-state index contributed by atoms with van der Waals surface area (Å²) in [5, 5.41) is 11.8. The van der Waals surface area contributed by atoms with Gasteiger partial charge in [-0.25, -0.2) is 0 Å². The van der Waals surface area contributed by atoms with Gasteiger partial charge in [0.25, 0.3) is 0 Å². The van der Waals surface area contributed by atoms with Gasteiger partial charge in [-0.3, -0.25) is 0 Å². The Hall–Kier alpha value is -1.71. The third kappa shape index (κ3) is 3.65. The highest BCUT2D eigenvalue weighted by atomic mass is 16.4. The van der Waals surface area contributed by atoms with Crippen molar-refractivity contribution in [2.45, 2.75) is 39.7 Å². The van der Waals surface area contributed by atoms with Gasteiger partial charge in [0.1, 0.15) is 5.84 Å². The van der Waals surface area contributed by atoms with Crippen LogP contribution in [0, 0.1) is 6.92 Å². The summed E-state index contributed by atoms with van der Waals surface area (Å²) in [6.07, 6.45) is 1.53. The number of benzene rings is 1. The van der Waals surface area contributed by atoms with Crippen LogP contribution in [0.15, 0.2) is 29.4 Å². The minimum absolute atomic E-state index is 0.257. The molecular weight excluding hydrogens is 226 g/mol. The Bertz CT molecular complexity index is 404. The average molecular weight is 249 g/mol. The first-order valence-electron chi connectivity index (χ1n) is 6.42. The van der Waals surface area contributed by atoms with E-state index in [4.69, 9.17) is 10.9 Å². The summed E-state index contributed by atoms with van der Waals surface area (Å²) in [5.41, 5.74) is 8.05. The first kappa shape index (κ1) is 14.4. The highest BCUT2D eigenvalue weighted by Crippen LogP contribution is 2.21. The number of hydrogen-bond acceptors (Lipinski definition) is 3. The Labute approximate surface area is 109 Å². The molecule has 0 spiro atoms. The van der Waals surface area contributed by atoms with Gasteiger partial charge in [-0.1, -0.05) is 24.2 Å². The predicted octanol–water partition coefficient (Wildman–Crippen LogP) is 2.74. The Morgan fingerprint density at radius 1 is 1.44 bits per heavy atom. The fourth-order valence-electron chi connectivity index (χ4n) is 2.22. The van der Waals surface area contributed by atoms with Crippen LogP contribution in [0.4, 0.5) is 5.69 Å². The molecule has 1 unspecified atom stereocenters. The largest absolute Gasteiger partial charge is 0.409 e. The summed E-state index contributed by atoms with van der Waals surface area (Å²) in [6, 6.07) is 8.67. The van der Waals surface area contributed by atoms with Gasteiger partial charge in [0, 0.05) is 24.7 Å². The Balaban J connectivity index is 2.92. The summed E-state index contributed by atoms with van der Waals surface area (Å²) in [6.45, 7) is 7.23. The summed E-state index contributed by atoms with van der Waals surface area (Å²) in [4.78, 5) is 2.30. The molecule has 0 saturated heterocycles. The number of aryl methyl sites for hydroxylation is 1. The number of hydrogen-bond donors (Lipinski definition) is 2. The van der Waals surface area contributed by atoms with Crippen LogP contribution in [-0.2, 0) is 0 Å². The lowest BCUT2D eigenvalue weighted by molar-refractivity contribution is 0.316. The van der Waals surface area contributed by atoms with Crippen LogP contribution in [-0.4, -0.2) is 23.6 Å². The van der Waals surface area contributed by atoms with Gasteiger partial charge in [-0.2, -0.15) is 0 Å². The quantitative estimate of drug-likeness (QED) is 0.353. The first-order valence-corrected chi connectivity index (χ1v) is 6.42. The lowest BCUT2D eigenvalue weighted by Crippen LogP contribution is -2.38. The number of nitrogens with two attached hydrogens (primary N) is 1. The van der Waals surface area contributed by atoms with Crippen LogP contribution < -0.4 is 10.6 Å². The molecular formula is C14H23N3O. The van der Waals surface area contributed by atoms with E-state index in [1.54, 1.807) is 0 Å². The van der Waals surface area contributed by atoms with Gasteiger partial charge in [-0.15, -0.1) is 0 Å².